The van der Waals surface area contributed by atoms with Gasteiger partial charge in [0.25, 0.3) is 5.91 Å². The quantitative estimate of drug-likeness (QED) is 0.405. The minimum absolute atomic E-state index is 0.0653. The number of ketones is 1. The van der Waals surface area contributed by atoms with Crippen LogP contribution in [-0.4, -0.2) is 35.4 Å². The van der Waals surface area contributed by atoms with Crippen LogP contribution in [0, 0.1) is 0 Å². The molecule has 1 aliphatic rings. The van der Waals surface area contributed by atoms with E-state index in [0.717, 1.165) is 10.9 Å². The van der Waals surface area contributed by atoms with Crippen LogP contribution in [0.25, 0.3) is 0 Å². The molecule has 0 radical (unpaired) electrons. The number of hydrogen-bond acceptors (Lipinski definition) is 5. The third-order valence-corrected chi connectivity index (χ3v) is 5.22. The van der Waals surface area contributed by atoms with Crippen LogP contribution in [0.2, 0.25) is 0 Å². The summed E-state index contributed by atoms with van der Waals surface area (Å²) in [4.78, 5) is 38.5. The smallest absolute Gasteiger partial charge is 0.339 e. The average molecular weight is 446 g/mol. The summed E-state index contributed by atoms with van der Waals surface area (Å²) in [7, 11) is 0. The van der Waals surface area contributed by atoms with Gasteiger partial charge in [-0.05, 0) is 24.6 Å². The molecular weight excluding hydrogens is 426 g/mol. The zero-order chi connectivity index (χ0) is 20.3. The Balaban J connectivity index is 2.06. The highest BCUT2D eigenvalue weighted by atomic mass is 79.9. The molecule has 0 aromatic heterocycles. The van der Waals surface area contributed by atoms with Gasteiger partial charge < -0.3 is 15.2 Å². The predicted molar refractivity (Wildman–Crippen MR) is 106 cm³/mol. The number of carbonyl (C=O) groups is 3. The van der Waals surface area contributed by atoms with Crippen LogP contribution >= 0.6 is 15.9 Å². The van der Waals surface area contributed by atoms with Gasteiger partial charge in [-0.1, -0.05) is 59.6 Å². The van der Waals surface area contributed by atoms with E-state index in [1.54, 1.807) is 24.3 Å². The van der Waals surface area contributed by atoms with Gasteiger partial charge in [0.1, 0.15) is 0 Å². The Morgan fingerprint density at radius 2 is 1.86 bits per heavy atom. The molecule has 0 bridgehead atoms. The number of amides is 1. The van der Waals surface area contributed by atoms with E-state index in [1.165, 1.54) is 24.3 Å². The summed E-state index contributed by atoms with van der Waals surface area (Å²) in [5.41, 5.74) is -1.96. The number of carbonyl (C=O) groups excluding carboxylic acids is 3. The van der Waals surface area contributed by atoms with E-state index in [9.17, 15) is 19.5 Å². The largest absolute Gasteiger partial charge is 0.446 e. The van der Waals surface area contributed by atoms with Gasteiger partial charge in [0, 0.05) is 22.1 Å². The van der Waals surface area contributed by atoms with E-state index in [-0.39, 0.29) is 16.7 Å². The van der Waals surface area contributed by atoms with Crippen LogP contribution < -0.4 is 5.32 Å². The fourth-order valence-corrected chi connectivity index (χ4v) is 3.42. The molecule has 2 N–H and O–H groups in total. The van der Waals surface area contributed by atoms with Gasteiger partial charge in [0.15, 0.2) is 0 Å². The number of Topliss-reactive ketones (excluding diaryl/α,β-unsaturated/α-hetero) is 1. The zero-order valence-electron chi connectivity index (χ0n) is 15.3. The zero-order valence-corrected chi connectivity index (χ0v) is 16.9. The summed E-state index contributed by atoms with van der Waals surface area (Å²) >= 11 is 3.29. The van der Waals surface area contributed by atoms with Crippen LogP contribution in [0.4, 0.5) is 0 Å². The van der Waals surface area contributed by atoms with E-state index >= 15 is 0 Å². The van der Waals surface area contributed by atoms with Gasteiger partial charge in [-0.3, -0.25) is 9.59 Å². The average Bonchev–Trinajstić information content (AvgIpc) is 2.71. The molecule has 0 aliphatic carbocycles. The molecule has 2 aromatic carbocycles. The van der Waals surface area contributed by atoms with E-state index in [4.69, 9.17) is 4.74 Å². The van der Waals surface area contributed by atoms with Gasteiger partial charge in [0.05, 0.1) is 5.56 Å². The number of halogens is 1. The highest BCUT2D eigenvalue weighted by molar-refractivity contribution is 9.10. The molecular formula is C21H20BrNO5. The Bertz CT molecular complexity index is 911. The maximum Gasteiger partial charge on any atom is 0.339 e. The topological polar surface area (TPSA) is 92.7 Å². The second-order valence-electron chi connectivity index (χ2n) is 6.58. The molecule has 0 spiro atoms. The highest BCUT2D eigenvalue weighted by Gasteiger charge is 2.56. The molecule has 3 rings (SSSR count). The van der Waals surface area contributed by atoms with Gasteiger partial charge in [0.2, 0.25) is 17.5 Å². The molecule has 7 heteroatoms. The van der Waals surface area contributed by atoms with Crippen molar-refractivity contribution in [3.05, 3.63) is 69.7 Å². The molecule has 6 nitrogen and oxygen atoms in total. The molecule has 1 heterocycles. The first-order chi connectivity index (χ1) is 13.4. The second kappa shape index (κ2) is 8.24. The molecule has 1 aliphatic heterocycles. The number of esters is 1. The predicted octanol–water partition coefficient (Wildman–Crippen LogP) is 2.97. The van der Waals surface area contributed by atoms with E-state index in [0.29, 0.717) is 13.0 Å². The van der Waals surface area contributed by atoms with Gasteiger partial charge in [-0.15, -0.1) is 0 Å². The van der Waals surface area contributed by atoms with Crippen LogP contribution in [0.1, 0.15) is 46.0 Å². The number of hydrogen-bond donors (Lipinski definition) is 2. The van der Waals surface area contributed by atoms with Crippen molar-refractivity contribution in [3.63, 3.8) is 0 Å². The third kappa shape index (κ3) is 3.59. The molecule has 28 heavy (non-hydrogen) atoms. The number of ether oxygens (including phenoxy) is 1. The van der Waals surface area contributed by atoms with Crippen LogP contribution in [0.3, 0.4) is 0 Å². The number of aliphatic hydroxyl groups is 1. The molecule has 2 atom stereocenters. The van der Waals surface area contributed by atoms with Crippen molar-refractivity contribution in [1.29, 1.82) is 0 Å². The maximum absolute atomic E-state index is 13.1. The number of fused-ring (bicyclic) bond motifs is 1. The third-order valence-electron chi connectivity index (χ3n) is 4.69. The Morgan fingerprint density at radius 3 is 2.54 bits per heavy atom. The lowest BCUT2D eigenvalue weighted by Gasteiger charge is -2.38. The van der Waals surface area contributed by atoms with E-state index in [2.05, 4.69) is 21.2 Å². The lowest BCUT2D eigenvalue weighted by atomic mass is 9.79. The molecule has 1 amide bonds. The maximum atomic E-state index is 13.1. The number of benzene rings is 2. The fourth-order valence-electron chi connectivity index (χ4n) is 3.15. The lowest BCUT2D eigenvalue weighted by Crippen LogP contribution is -2.59. The first-order valence-electron chi connectivity index (χ1n) is 9.00. The number of rotatable bonds is 6. The van der Waals surface area contributed by atoms with Crippen LogP contribution in [0.5, 0.6) is 0 Å². The molecule has 0 fully saturated rings. The molecule has 0 saturated heterocycles. The van der Waals surface area contributed by atoms with E-state index in [1.807, 2.05) is 6.92 Å². The van der Waals surface area contributed by atoms with Crippen LogP contribution in [0.15, 0.2) is 53.0 Å². The number of cyclic esters (lactones) is 1. The van der Waals surface area contributed by atoms with Crippen molar-refractivity contribution in [2.45, 2.75) is 31.5 Å². The summed E-state index contributed by atoms with van der Waals surface area (Å²) in [6.45, 7) is 2.31. The summed E-state index contributed by atoms with van der Waals surface area (Å²) in [5.74, 6) is -2.17. The highest BCUT2D eigenvalue weighted by Crippen LogP contribution is 2.37. The van der Waals surface area contributed by atoms with Crippen molar-refractivity contribution in [2.75, 3.05) is 6.54 Å². The van der Waals surface area contributed by atoms with Crippen molar-refractivity contribution in [1.82, 2.24) is 5.32 Å². The van der Waals surface area contributed by atoms with Crippen molar-refractivity contribution in [2.24, 2.45) is 0 Å². The summed E-state index contributed by atoms with van der Waals surface area (Å²) in [6.07, 6.45) is -0.113. The molecule has 0 saturated carbocycles. The molecule has 146 valence electrons. The lowest BCUT2D eigenvalue weighted by molar-refractivity contribution is -0.153. The van der Waals surface area contributed by atoms with Gasteiger partial charge in [-0.2, -0.15) is 0 Å². The Hall–Kier alpha value is -2.51. The normalized spacial score (nSPS) is 20.8. The minimum Gasteiger partial charge on any atom is -0.446 e. The first kappa shape index (κ1) is 20.2. The number of unbranched alkanes of at least 4 members (excludes halogenated alkanes) is 1. The second-order valence-corrected chi connectivity index (χ2v) is 7.49. The van der Waals surface area contributed by atoms with Crippen LogP contribution in [-0.2, 0) is 15.1 Å². The minimum atomic E-state index is -2.32. The Kier molecular flexibility index (Phi) is 5.96. The number of nitrogens with one attached hydrogen (secondary N) is 1. The monoisotopic (exact) mass is 445 g/mol. The fraction of sp³-hybridized carbons (Fsp3) is 0.286. The van der Waals surface area contributed by atoms with Gasteiger partial charge in [-0.25, -0.2) is 4.79 Å². The molecule has 2 aromatic rings. The van der Waals surface area contributed by atoms with Gasteiger partial charge >= 0.3 is 5.97 Å². The molecule has 0 unspecified atom stereocenters. The Labute approximate surface area is 171 Å². The van der Waals surface area contributed by atoms with Crippen molar-refractivity contribution in [3.8, 4) is 0 Å². The summed E-state index contributed by atoms with van der Waals surface area (Å²) in [5, 5.41) is 14.1. The Morgan fingerprint density at radius 1 is 1.18 bits per heavy atom. The summed E-state index contributed by atoms with van der Waals surface area (Å²) < 4.78 is 6.06. The standard InChI is InChI=1S/C21H20BrNO5/c1-2-3-12-23-20(26)21(27)16-7-5-4-6-15(16)19(25)28-18(21)17(24)13-8-10-14(22)11-9-13/h4-11,18,27H,2-3,12H2,1H3,(H,23,26)/t18-,21-/m0/s1. The SMILES string of the molecule is CCCCNC(=O)[C@]1(O)c2ccccc2C(=O)O[C@H]1C(=O)c1ccc(Br)cc1. The first-order valence-corrected chi connectivity index (χ1v) is 9.79. The summed E-state index contributed by atoms with van der Waals surface area (Å²) in [6, 6.07) is 12.5. The van der Waals surface area contributed by atoms with Crippen molar-refractivity contribution < 1.29 is 24.2 Å². The van der Waals surface area contributed by atoms with E-state index < -0.39 is 29.4 Å². The van der Waals surface area contributed by atoms with Crippen molar-refractivity contribution >= 4 is 33.6 Å².